The first-order valence-electron chi connectivity index (χ1n) is 7.22. The average Bonchev–Trinajstić information content (AvgIpc) is 2.64. The molecular formula is C14H23ClN4O. The van der Waals surface area contributed by atoms with Crippen molar-refractivity contribution in [3.63, 3.8) is 0 Å². The Kier molecular flexibility index (Phi) is 5.57. The predicted octanol–water partition coefficient (Wildman–Crippen LogP) is 1.76. The van der Waals surface area contributed by atoms with Crippen molar-refractivity contribution in [3.05, 3.63) is 17.0 Å². The maximum absolute atomic E-state index is 9.05. The standard InChI is InChI=1S/C14H23ClN4O/c1-11(2)12-13(15)16-10-17-14(12)19-5-3-4-18(6-7-19)8-9-20/h10-11,20H,3-9H2,1-2H3. The number of aliphatic hydroxyl groups excluding tert-OH is 1. The average molecular weight is 299 g/mol. The second kappa shape index (κ2) is 7.20. The molecule has 0 aromatic carbocycles. The van der Waals surface area contributed by atoms with Crippen molar-refractivity contribution in [2.45, 2.75) is 26.2 Å². The minimum absolute atomic E-state index is 0.219. The number of nitrogens with zero attached hydrogens (tertiary/aromatic N) is 4. The Morgan fingerprint density at radius 3 is 2.75 bits per heavy atom. The summed E-state index contributed by atoms with van der Waals surface area (Å²) in [6, 6.07) is 0. The quantitative estimate of drug-likeness (QED) is 0.859. The molecule has 1 fully saturated rings. The van der Waals surface area contributed by atoms with Crippen LogP contribution in [-0.4, -0.2) is 59.3 Å². The van der Waals surface area contributed by atoms with E-state index in [0.29, 0.717) is 11.1 Å². The highest BCUT2D eigenvalue weighted by Gasteiger charge is 2.21. The second-order valence-corrected chi connectivity index (χ2v) is 5.82. The SMILES string of the molecule is CC(C)c1c(Cl)ncnc1N1CCCN(CCO)CC1. The van der Waals surface area contributed by atoms with Gasteiger partial charge in [0.05, 0.1) is 6.61 Å². The summed E-state index contributed by atoms with van der Waals surface area (Å²) in [4.78, 5) is 13.1. The molecule has 0 aliphatic carbocycles. The topological polar surface area (TPSA) is 52.5 Å². The number of hydrogen-bond donors (Lipinski definition) is 1. The summed E-state index contributed by atoms with van der Waals surface area (Å²) in [5, 5.41) is 9.61. The van der Waals surface area contributed by atoms with Crippen LogP contribution in [-0.2, 0) is 0 Å². The van der Waals surface area contributed by atoms with Gasteiger partial charge in [-0.25, -0.2) is 9.97 Å². The summed E-state index contributed by atoms with van der Waals surface area (Å²) >= 11 is 6.24. The van der Waals surface area contributed by atoms with Crippen molar-refractivity contribution < 1.29 is 5.11 Å². The third kappa shape index (κ3) is 3.59. The van der Waals surface area contributed by atoms with Crippen LogP contribution in [0, 0.1) is 0 Å². The molecule has 1 aliphatic rings. The lowest BCUT2D eigenvalue weighted by Gasteiger charge is -2.25. The fourth-order valence-corrected chi connectivity index (χ4v) is 3.01. The van der Waals surface area contributed by atoms with Gasteiger partial charge in [-0.05, 0) is 18.9 Å². The van der Waals surface area contributed by atoms with Crippen molar-refractivity contribution in [3.8, 4) is 0 Å². The first-order valence-corrected chi connectivity index (χ1v) is 7.59. The monoisotopic (exact) mass is 298 g/mol. The third-order valence-corrected chi connectivity index (χ3v) is 4.00. The zero-order valence-electron chi connectivity index (χ0n) is 12.2. The number of rotatable bonds is 4. The van der Waals surface area contributed by atoms with Gasteiger partial charge < -0.3 is 10.0 Å². The van der Waals surface area contributed by atoms with E-state index in [1.807, 2.05) is 0 Å². The summed E-state index contributed by atoms with van der Waals surface area (Å²) < 4.78 is 0. The van der Waals surface area contributed by atoms with E-state index in [1.54, 1.807) is 6.33 Å². The van der Waals surface area contributed by atoms with E-state index in [0.717, 1.165) is 50.5 Å². The van der Waals surface area contributed by atoms with Gasteiger partial charge in [-0.3, -0.25) is 4.90 Å². The molecule has 0 atom stereocenters. The van der Waals surface area contributed by atoms with E-state index in [9.17, 15) is 0 Å². The van der Waals surface area contributed by atoms with Crippen LogP contribution >= 0.6 is 11.6 Å². The van der Waals surface area contributed by atoms with Gasteiger partial charge in [0.2, 0.25) is 0 Å². The largest absolute Gasteiger partial charge is 0.395 e. The third-order valence-electron chi connectivity index (χ3n) is 3.70. The van der Waals surface area contributed by atoms with E-state index in [1.165, 1.54) is 0 Å². The molecule has 6 heteroatoms. The fourth-order valence-electron chi connectivity index (χ4n) is 2.66. The van der Waals surface area contributed by atoms with Gasteiger partial charge in [0, 0.05) is 31.7 Å². The highest BCUT2D eigenvalue weighted by Crippen LogP contribution is 2.30. The van der Waals surface area contributed by atoms with Crippen molar-refractivity contribution in [2.24, 2.45) is 0 Å². The van der Waals surface area contributed by atoms with Gasteiger partial charge in [-0.1, -0.05) is 25.4 Å². The molecule has 0 unspecified atom stereocenters. The van der Waals surface area contributed by atoms with E-state index >= 15 is 0 Å². The summed E-state index contributed by atoms with van der Waals surface area (Å²) in [6.07, 6.45) is 2.61. The summed E-state index contributed by atoms with van der Waals surface area (Å²) in [5.74, 6) is 1.27. The van der Waals surface area contributed by atoms with Crippen molar-refractivity contribution in [2.75, 3.05) is 44.2 Å². The lowest BCUT2D eigenvalue weighted by atomic mass is 10.1. The summed E-state index contributed by atoms with van der Waals surface area (Å²) in [5.41, 5.74) is 1.03. The Labute approximate surface area is 125 Å². The van der Waals surface area contributed by atoms with Gasteiger partial charge in [0.25, 0.3) is 0 Å². The number of halogens is 1. The van der Waals surface area contributed by atoms with Crippen molar-refractivity contribution >= 4 is 17.4 Å². The number of β-amino-alcohol motifs (C(OH)–C–C–N with tert-alkyl or cyclic N) is 1. The normalized spacial score (nSPS) is 17.6. The Hall–Kier alpha value is -0.910. The van der Waals surface area contributed by atoms with Crippen LogP contribution in [0.3, 0.4) is 0 Å². The zero-order valence-corrected chi connectivity index (χ0v) is 13.0. The first kappa shape index (κ1) is 15.5. The molecule has 1 aromatic rings. The number of hydrogen-bond acceptors (Lipinski definition) is 5. The van der Waals surface area contributed by atoms with Crippen LogP contribution in [0.4, 0.5) is 5.82 Å². The molecular weight excluding hydrogens is 276 g/mol. The Balaban J connectivity index is 2.17. The van der Waals surface area contributed by atoms with E-state index in [4.69, 9.17) is 16.7 Å². The van der Waals surface area contributed by atoms with Crippen LogP contribution in [0.25, 0.3) is 0 Å². The van der Waals surface area contributed by atoms with Crippen LogP contribution in [0.2, 0.25) is 5.15 Å². The van der Waals surface area contributed by atoms with E-state index in [-0.39, 0.29) is 6.61 Å². The van der Waals surface area contributed by atoms with Crippen LogP contribution < -0.4 is 4.90 Å². The van der Waals surface area contributed by atoms with Gasteiger partial charge >= 0.3 is 0 Å². The maximum atomic E-state index is 9.05. The van der Waals surface area contributed by atoms with Gasteiger partial charge in [0.1, 0.15) is 17.3 Å². The predicted molar refractivity (Wildman–Crippen MR) is 81.5 cm³/mol. The first-order chi connectivity index (χ1) is 9.63. The molecule has 1 N–H and O–H groups in total. The molecule has 1 saturated heterocycles. The lowest BCUT2D eigenvalue weighted by molar-refractivity contribution is 0.204. The van der Waals surface area contributed by atoms with E-state index < -0.39 is 0 Å². The Morgan fingerprint density at radius 2 is 2.05 bits per heavy atom. The summed E-state index contributed by atoms with van der Waals surface area (Å²) in [6.45, 7) is 9.04. The van der Waals surface area contributed by atoms with Crippen LogP contribution in [0.1, 0.15) is 31.7 Å². The number of anilines is 1. The maximum Gasteiger partial charge on any atom is 0.138 e. The Morgan fingerprint density at radius 1 is 1.25 bits per heavy atom. The molecule has 0 amide bonds. The van der Waals surface area contributed by atoms with Crippen molar-refractivity contribution in [1.82, 2.24) is 14.9 Å². The smallest absolute Gasteiger partial charge is 0.138 e. The minimum Gasteiger partial charge on any atom is -0.395 e. The van der Waals surface area contributed by atoms with Gasteiger partial charge in [-0.2, -0.15) is 0 Å². The molecule has 5 nitrogen and oxygen atoms in total. The summed E-state index contributed by atoms with van der Waals surface area (Å²) in [7, 11) is 0. The Bertz CT molecular complexity index is 441. The molecule has 1 aromatic heterocycles. The molecule has 2 heterocycles. The molecule has 20 heavy (non-hydrogen) atoms. The molecule has 2 rings (SSSR count). The minimum atomic E-state index is 0.219. The molecule has 0 radical (unpaired) electrons. The molecule has 0 spiro atoms. The molecule has 1 aliphatic heterocycles. The van der Waals surface area contributed by atoms with Gasteiger partial charge in [0.15, 0.2) is 0 Å². The lowest BCUT2D eigenvalue weighted by Crippen LogP contribution is -2.33. The molecule has 112 valence electrons. The van der Waals surface area contributed by atoms with Gasteiger partial charge in [-0.15, -0.1) is 0 Å². The second-order valence-electron chi connectivity index (χ2n) is 5.46. The molecule has 0 saturated carbocycles. The van der Waals surface area contributed by atoms with Crippen molar-refractivity contribution in [1.29, 1.82) is 0 Å². The van der Waals surface area contributed by atoms with Crippen LogP contribution in [0.5, 0.6) is 0 Å². The zero-order chi connectivity index (χ0) is 14.5. The number of aliphatic hydroxyl groups is 1. The molecule has 0 bridgehead atoms. The highest BCUT2D eigenvalue weighted by atomic mass is 35.5. The van der Waals surface area contributed by atoms with Crippen LogP contribution in [0.15, 0.2) is 6.33 Å². The fraction of sp³-hybridized carbons (Fsp3) is 0.714. The highest BCUT2D eigenvalue weighted by molar-refractivity contribution is 6.30. The number of aromatic nitrogens is 2. The van der Waals surface area contributed by atoms with E-state index in [2.05, 4.69) is 33.6 Å².